The van der Waals surface area contributed by atoms with E-state index >= 15 is 0 Å². The maximum absolute atomic E-state index is 12.4. The molecule has 1 heterocycles. The van der Waals surface area contributed by atoms with E-state index in [0.717, 1.165) is 21.5 Å². The molecule has 0 aliphatic heterocycles. The van der Waals surface area contributed by atoms with Crippen molar-refractivity contribution in [3.8, 4) is 0 Å². The van der Waals surface area contributed by atoms with E-state index in [1.807, 2.05) is 37.3 Å². The van der Waals surface area contributed by atoms with Crippen molar-refractivity contribution >= 4 is 51.8 Å². The summed E-state index contributed by atoms with van der Waals surface area (Å²) in [7, 11) is 1.61. The Bertz CT molecular complexity index is 1030. The second-order valence-electron chi connectivity index (χ2n) is 6.36. The Morgan fingerprint density at radius 1 is 1.14 bits per heavy atom. The fourth-order valence-electron chi connectivity index (χ4n) is 2.69. The number of fused-ring (bicyclic) bond motifs is 1. The number of nitrogens with one attached hydrogen (secondary N) is 1. The molecule has 28 heavy (non-hydrogen) atoms. The van der Waals surface area contributed by atoms with E-state index in [1.54, 1.807) is 31.3 Å². The van der Waals surface area contributed by atoms with Gasteiger partial charge in [-0.3, -0.25) is 9.59 Å². The molecule has 2 amide bonds. The lowest BCUT2D eigenvalue weighted by Gasteiger charge is -2.17. The molecule has 0 aliphatic carbocycles. The first-order chi connectivity index (χ1) is 13.4. The number of benzene rings is 2. The number of rotatable bonds is 6. The smallest absolute Gasteiger partial charge is 0.244 e. The third-order valence-electron chi connectivity index (χ3n) is 4.20. The molecular formula is C21H20ClN3O2S. The molecule has 0 saturated carbocycles. The summed E-state index contributed by atoms with van der Waals surface area (Å²) < 4.78 is 0. The van der Waals surface area contributed by atoms with Crippen LogP contribution in [0.25, 0.3) is 10.9 Å². The van der Waals surface area contributed by atoms with Gasteiger partial charge in [-0.2, -0.15) is 0 Å². The summed E-state index contributed by atoms with van der Waals surface area (Å²) >= 11 is 7.40. The molecule has 144 valence electrons. The molecule has 1 N–H and O–H groups in total. The molecule has 3 aromatic rings. The highest BCUT2D eigenvalue weighted by atomic mass is 35.5. The molecule has 0 saturated heterocycles. The number of amides is 2. The van der Waals surface area contributed by atoms with Gasteiger partial charge in [-0.1, -0.05) is 53.7 Å². The summed E-state index contributed by atoms with van der Waals surface area (Å²) in [5.74, 6) is -0.235. The van der Waals surface area contributed by atoms with Gasteiger partial charge in [0.25, 0.3) is 0 Å². The zero-order valence-electron chi connectivity index (χ0n) is 15.6. The monoisotopic (exact) mass is 413 g/mol. The van der Waals surface area contributed by atoms with Gasteiger partial charge in [0.2, 0.25) is 11.8 Å². The Morgan fingerprint density at radius 2 is 1.86 bits per heavy atom. The molecule has 0 unspecified atom stereocenters. The molecule has 0 aliphatic rings. The van der Waals surface area contributed by atoms with Crippen molar-refractivity contribution in [2.45, 2.75) is 11.9 Å². The molecule has 0 atom stereocenters. The molecule has 1 aromatic heterocycles. The third kappa shape index (κ3) is 5.03. The van der Waals surface area contributed by atoms with E-state index in [-0.39, 0.29) is 24.1 Å². The van der Waals surface area contributed by atoms with Crippen LogP contribution in [0.1, 0.15) is 5.56 Å². The maximum atomic E-state index is 12.4. The number of carbonyl (C=O) groups is 2. The number of hydrogen-bond donors (Lipinski definition) is 1. The number of thioether (sulfide) groups is 1. The summed E-state index contributed by atoms with van der Waals surface area (Å²) in [4.78, 5) is 30.5. The first-order valence-electron chi connectivity index (χ1n) is 8.71. The van der Waals surface area contributed by atoms with Crippen molar-refractivity contribution in [3.63, 3.8) is 0 Å². The van der Waals surface area contributed by atoms with Crippen molar-refractivity contribution in [2.75, 3.05) is 24.7 Å². The van der Waals surface area contributed by atoms with Crippen molar-refractivity contribution in [1.82, 2.24) is 9.88 Å². The number of aromatic nitrogens is 1. The predicted molar refractivity (Wildman–Crippen MR) is 115 cm³/mol. The molecule has 0 spiro atoms. The summed E-state index contributed by atoms with van der Waals surface area (Å²) in [6, 6.07) is 16.9. The lowest BCUT2D eigenvalue weighted by Crippen LogP contribution is -2.36. The molecular weight excluding hydrogens is 394 g/mol. The molecule has 7 heteroatoms. The number of likely N-dealkylation sites (N-methyl/N-ethyl adjacent to an activating group) is 1. The van der Waals surface area contributed by atoms with Gasteiger partial charge in [-0.05, 0) is 36.8 Å². The van der Waals surface area contributed by atoms with E-state index in [2.05, 4.69) is 10.3 Å². The van der Waals surface area contributed by atoms with Gasteiger partial charge in [0.05, 0.1) is 33.6 Å². The zero-order valence-corrected chi connectivity index (χ0v) is 17.2. The molecule has 5 nitrogen and oxygen atoms in total. The largest absolute Gasteiger partial charge is 0.336 e. The lowest BCUT2D eigenvalue weighted by atomic mass is 10.1. The lowest BCUT2D eigenvalue weighted by molar-refractivity contribution is -0.131. The average Bonchev–Trinajstić information content (AvgIpc) is 2.68. The van der Waals surface area contributed by atoms with Gasteiger partial charge in [-0.15, -0.1) is 0 Å². The van der Waals surface area contributed by atoms with E-state index in [0.29, 0.717) is 10.7 Å². The van der Waals surface area contributed by atoms with Crippen molar-refractivity contribution in [2.24, 2.45) is 0 Å². The highest BCUT2D eigenvalue weighted by Crippen LogP contribution is 2.24. The number of hydrogen-bond acceptors (Lipinski definition) is 4. The minimum absolute atomic E-state index is 0.0468. The topological polar surface area (TPSA) is 62.3 Å². The molecule has 2 aromatic carbocycles. The van der Waals surface area contributed by atoms with Crippen LogP contribution in [0.15, 0.2) is 59.6 Å². The summed E-state index contributed by atoms with van der Waals surface area (Å²) in [5, 5.41) is 5.06. The van der Waals surface area contributed by atoms with Crippen LogP contribution in [0.5, 0.6) is 0 Å². The molecule has 0 radical (unpaired) electrons. The van der Waals surface area contributed by atoms with Gasteiger partial charge >= 0.3 is 0 Å². The maximum Gasteiger partial charge on any atom is 0.244 e. The van der Waals surface area contributed by atoms with Crippen LogP contribution in [0.4, 0.5) is 5.69 Å². The Kier molecular flexibility index (Phi) is 6.54. The predicted octanol–water partition coefficient (Wildman–Crippen LogP) is 4.39. The summed E-state index contributed by atoms with van der Waals surface area (Å²) in [6.45, 7) is 1.98. The number of para-hydroxylation sites is 2. The summed E-state index contributed by atoms with van der Waals surface area (Å²) in [6.07, 6.45) is 0. The van der Waals surface area contributed by atoms with E-state index in [4.69, 9.17) is 11.6 Å². The second kappa shape index (κ2) is 9.08. The van der Waals surface area contributed by atoms with Crippen molar-refractivity contribution < 1.29 is 9.59 Å². The number of pyridine rings is 1. The van der Waals surface area contributed by atoms with Crippen LogP contribution in [0.3, 0.4) is 0 Å². The van der Waals surface area contributed by atoms with E-state index in [9.17, 15) is 9.59 Å². The fraction of sp³-hybridized carbons (Fsp3) is 0.190. The number of anilines is 1. The number of carbonyl (C=O) groups excluding carboxylic acids is 2. The number of nitrogens with zero attached hydrogens (tertiary/aromatic N) is 2. The summed E-state index contributed by atoms with van der Waals surface area (Å²) in [5.41, 5.74) is 2.55. The highest BCUT2D eigenvalue weighted by molar-refractivity contribution is 7.99. The average molecular weight is 414 g/mol. The van der Waals surface area contributed by atoms with Gasteiger partial charge in [0, 0.05) is 12.4 Å². The van der Waals surface area contributed by atoms with Crippen LogP contribution < -0.4 is 5.32 Å². The zero-order chi connectivity index (χ0) is 20.1. The first-order valence-corrected chi connectivity index (χ1v) is 10.1. The molecule has 0 fully saturated rings. The van der Waals surface area contributed by atoms with Crippen LogP contribution in [-0.2, 0) is 9.59 Å². The quantitative estimate of drug-likeness (QED) is 0.609. The van der Waals surface area contributed by atoms with Gasteiger partial charge in [0.1, 0.15) is 0 Å². The molecule has 0 bridgehead atoms. The Morgan fingerprint density at radius 3 is 2.64 bits per heavy atom. The SMILES string of the molecule is Cc1cc(SCC(=O)N(C)CC(=O)Nc2ccccc2Cl)nc2ccccc12. The third-order valence-corrected chi connectivity index (χ3v) is 5.42. The van der Waals surface area contributed by atoms with E-state index < -0.39 is 0 Å². The standard InChI is InChI=1S/C21H20ClN3O2S/c1-14-11-20(24-17-9-5-3-7-15(14)17)28-13-21(27)25(2)12-19(26)23-18-10-6-4-8-16(18)22/h3-11H,12-13H2,1-2H3,(H,23,26). The van der Waals surface area contributed by atoms with Gasteiger partial charge in [-0.25, -0.2) is 4.98 Å². The van der Waals surface area contributed by atoms with Crippen molar-refractivity contribution in [1.29, 1.82) is 0 Å². The number of aryl methyl sites for hydroxylation is 1. The minimum atomic E-state index is -0.298. The fourth-order valence-corrected chi connectivity index (χ4v) is 3.79. The van der Waals surface area contributed by atoms with Gasteiger partial charge in [0.15, 0.2) is 0 Å². The van der Waals surface area contributed by atoms with Crippen LogP contribution >= 0.6 is 23.4 Å². The Balaban J connectivity index is 1.56. The van der Waals surface area contributed by atoms with Crippen LogP contribution in [0.2, 0.25) is 5.02 Å². The minimum Gasteiger partial charge on any atom is -0.336 e. The molecule has 3 rings (SSSR count). The highest BCUT2D eigenvalue weighted by Gasteiger charge is 2.15. The second-order valence-corrected chi connectivity index (χ2v) is 7.76. The van der Waals surface area contributed by atoms with Crippen LogP contribution in [-0.4, -0.2) is 41.0 Å². The van der Waals surface area contributed by atoms with E-state index in [1.165, 1.54) is 16.7 Å². The number of halogens is 1. The normalized spacial score (nSPS) is 10.7. The van der Waals surface area contributed by atoms with Crippen molar-refractivity contribution in [3.05, 3.63) is 65.2 Å². The van der Waals surface area contributed by atoms with Gasteiger partial charge < -0.3 is 10.2 Å². The first kappa shape index (κ1) is 20.2. The Labute approximate surface area is 173 Å². The van der Waals surface area contributed by atoms with Crippen LogP contribution in [0, 0.1) is 6.92 Å². The Hall–Kier alpha value is -2.57.